The van der Waals surface area contributed by atoms with Crippen LogP contribution in [0.2, 0.25) is 0 Å². The molecule has 0 amide bonds. The number of nitrogens with zero attached hydrogens (tertiary/aromatic N) is 3. The van der Waals surface area contributed by atoms with Crippen LogP contribution in [0, 0.1) is 3.83 Å². The molecule has 8 rings (SSSR count). The summed E-state index contributed by atoms with van der Waals surface area (Å²) in [5.74, 6) is 0. The lowest BCUT2D eigenvalue weighted by molar-refractivity contribution is 0.669. The van der Waals surface area contributed by atoms with Crippen molar-refractivity contribution in [3.8, 4) is 11.4 Å². The number of hydrogen-bond acceptors (Lipinski definition) is 2. The number of imidazole rings is 1. The van der Waals surface area contributed by atoms with Gasteiger partial charge in [-0.15, -0.1) is 0 Å². The predicted molar refractivity (Wildman–Crippen MR) is 155 cm³/mol. The van der Waals surface area contributed by atoms with Gasteiger partial charge in [-0.1, -0.05) is 48.5 Å². The van der Waals surface area contributed by atoms with E-state index in [-0.39, 0.29) is 0 Å². The molecule has 0 aliphatic rings. The Morgan fingerprint density at radius 1 is 0.528 bits per heavy atom. The highest BCUT2D eigenvalue weighted by atomic mass is 127. The number of benzene rings is 5. The molecular weight excluding hydrogens is 557 g/mol. The zero-order chi connectivity index (χ0) is 23.8. The van der Waals surface area contributed by atoms with Crippen LogP contribution in [0.4, 0.5) is 0 Å². The molecule has 5 aromatic carbocycles. The number of rotatable bonds is 2. The van der Waals surface area contributed by atoms with Gasteiger partial charge in [0.25, 0.3) is 0 Å². The average molecular weight is 575 g/mol. The molecule has 3 aromatic heterocycles. The summed E-state index contributed by atoms with van der Waals surface area (Å²) < 4.78 is 11.7. The summed E-state index contributed by atoms with van der Waals surface area (Å²) in [5, 5.41) is 4.72. The van der Waals surface area contributed by atoms with Gasteiger partial charge in [0.1, 0.15) is 11.2 Å². The lowest BCUT2D eigenvalue weighted by atomic mass is 10.1. The van der Waals surface area contributed by atoms with E-state index in [1.807, 2.05) is 6.07 Å². The maximum Gasteiger partial charge on any atom is 0.177 e. The minimum atomic E-state index is 0.882. The van der Waals surface area contributed by atoms with E-state index in [0.717, 1.165) is 48.2 Å². The van der Waals surface area contributed by atoms with Crippen molar-refractivity contribution in [2.24, 2.45) is 0 Å². The first-order valence-electron chi connectivity index (χ1n) is 11.8. The van der Waals surface area contributed by atoms with E-state index in [0.29, 0.717) is 0 Å². The minimum Gasteiger partial charge on any atom is -0.456 e. The van der Waals surface area contributed by atoms with E-state index in [9.17, 15) is 0 Å². The molecule has 36 heavy (non-hydrogen) atoms. The average Bonchev–Trinajstić information content (AvgIpc) is 3.56. The fraction of sp³-hybridized carbons (Fsp3) is 0. The van der Waals surface area contributed by atoms with Gasteiger partial charge in [0.15, 0.2) is 3.83 Å². The molecule has 0 radical (unpaired) electrons. The molecule has 0 aliphatic carbocycles. The monoisotopic (exact) mass is 575 g/mol. The van der Waals surface area contributed by atoms with Gasteiger partial charge in [-0.25, -0.2) is 4.98 Å². The number of aromatic nitrogens is 3. The second-order valence-corrected chi connectivity index (χ2v) is 10.0. The van der Waals surface area contributed by atoms with Gasteiger partial charge < -0.3 is 8.98 Å². The zero-order valence-electron chi connectivity index (χ0n) is 19.0. The molecule has 5 heteroatoms. The van der Waals surface area contributed by atoms with E-state index in [1.54, 1.807) is 0 Å². The highest BCUT2D eigenvalue weighted by molar-refractivity contribution is 14.1. The second-order valence-electron chi connectivity index (χ2n) is 9.04. The normalized spacial score (nSPS) is 12.0. The van der Waals surface area contributed by atoms with Crippen molar-refractivity contribution >= 4 is 77.4 Å². The first-order valence-corrected chi connectivity index (χ1v) is 12.9. The van der Waals surface area contributed by atoms with Crippen LogP contribution in [0.5, 0.6) is 0 Å². The Hall–Kier alpha value is -4.10. The molecule has 0 atom stereocenters. The Morgan fingerprint density at radius 2 is 1.06 bits per heavy atom. The molecule has 0 fully saturated rings. The van der Waals surface area contributed by atoms with Crippen molar-refractivity contribution in [3.05, 3.63) is 113 Å². The quantitative estimate of drug-likeness (QED) is 0.194. The Bertz CT molecular complexity index is 2080. The fourth-order valence-corrected chi connectivity index (χ4v) is 6.27. The van der Waals surface area contributed by atoms with Gasteiger partial charge in [0.2, 0.25) is 0 Å². The van der Waals surface area contributed by atoms with Crippen LogP contribution in [0.15, 0.2) is 114 Å². The Kier molecular flexibility index (Phi) is 4.16. The summed E-state index contributed by atoms with van der Waals surface area (Å²) in [5.41, 5.74) is 8.45. The van der Waals surface area contributed by atoms with Gasteiger partial charge in [0.05, 0.1) is 22.1 Å². The Balaban J connectivity index is 1.40. The number of para-hydroxylation sites is 4. The number of halogens is 1. The van der Waals surface area contributed by atoms with Crippen molar-refractivity contribution in [1.29, 1.82) is 0 Å². The lowest BCUT2D eigenvalue weighted by Gasteiger charge is -2.08. The molecule has 8 aromatic rings. The molecule has 170 valence electrons. The molecule has 0 bridgehead atoms. The van der Waals surface area contributed by atoms with Crippen molar-refractivity contribution in [2.45, 2.75) is 0 Å². The molecule has 4 nitrogen and oxygen atoms in total. The van der Waals surface area contributed by atoms with Gasteiger partial charge in [-0.2, -0.15) is 0 Å². The van der Waals surface area contributed by atoms with Crippen molar-refractivity contribution in [2.75, 3.05) is 0 Å². The summed E-state index contributed by atoms with van der Waals surface area (Å²) in [6, 6.07) is 38.3. The van der Waals surface area contributed by atoms with Crippen LogP contribution in [0.25, 0.3) is 66.2 Å². The van der Waals surface area contributed by atoms with Gasteiger partial charge in [-0.3, -0.25) is 4.57 Å². The van der Waals surface area contributed by atoms with Crippen LogP contribution >= 0.6 is 22.6 Å². The van der Waals surface area contributed by atoms with Crippen LogP contribution in [-0.4, -0.2) is 14.1 Å². The summed E-state index contributed by atoms with van der Waals surface area (Å²) in [7, 11) is 0. The van der Waals surface area contributed by atoms with Gasteiger partial charge >= 0.3 is 0 Å². The minimum absolute atomic E-state index is 0.882. The predicted octanol–water partition coefficient (Wildman–Crippen LogP) is 8.63. The molecular formula is C31H18IN3O. The standard InChI is InChI=1S/C31H18IN3O/c32-31-33-25-9-3-6-12-28(25)35(31)20-14-16-30-24(18-20)23-17-19(13-15-29(23)36-30)34-26-10-4-1-7-21(26)22-8-2-5-11-27(22)34/h1-18H. The maximum absolute atomic E-state index is 6.25. The van der Waals surface area contributed by atoms with Crippen molar-refractivity contribution in [1.82, 2.24) is 14.1 Å². The van der Waals surface area contributed by atoms with Crippen molar-refractivity contribution in [3.63, 3.8) is 0 Å². The van der Waals surface area contributed by atoms with Crippen LogP contribution < -0.4 is 0 Å². The zero-order valence-corrected chi connectivity index (χ0v) is 21.2. The first-order chi connectivity index (χ1) is 17.8. The molecule has 0 saturated carbocycles. The Morgan fingerprint density at radius 3 is 1.69 bits per heavy atom. The van der Waals surface area contributed by atoms with E-state index in [1.165, 1.54) is 21.8 Å². The summed E-state index contributed by atoms with van der Waals surface area (Å²) >= 11 is 2.31. The molecule has 0 unspecified atom stereocenters. The van der Waals surface area contributed by atoms with Gasteiger partial charge in [0, 0.05) is 55.5 Å². The topological polar surface area (TPSA) is 35.9 Å². The summed E-state index contributed by atoms with van der Waals surface area (Å²) in [6.45, 7) is 0. The number of hydrogen-bond donors (Lipinski definition) is 0. The van der Waals surface area contributed by atoms with Crippen LogP contribution in [-0.2, 0) is 0 Å². The fourth-order valence-electron chi connectivity index (χ4n) is 5.47. The maximum atomic E-state index is 6.25. The highest BCUT2D eigenvalue weighted by Gasteiger charge is 2.16. The number of furan rings is 1. The largest absolute Gasteiger partial charge is 0.456 e. The third-order valence-corrected chi connectivity index (χ3v) is 7.78. The first kappa shape index (κ1) is 20.1. The summed E-state index contributed by atoms with van der Waals surface area (Å²) in [4.78, 5) is 4.75. The summed E-state index contributed by atoms with van der Waals surface area (Å²) in [6.07, 6.45) is 0. The molecule has 3 heterocycles. The molecule has 0 N–H and O–H groups in total. The molecule has 0 spiro atoms. The van der Waals surface area contributed by atoms with Crippen molar-refractivity contribution < 1.29 is 4.42 Å². The van der Waals surface area contributed by atoms with E-state index >= 15 is 0 Å². The smallest absolute Gasteiger partial charge is 0.177 e. The van der Waals surface area contributed by atoms with E-state index in [2.05, 4.69) is 135 Å². The molecule has 0 saturated heterocycles. The lowest BCUT2D eigenvalue weighted by Crippen LogP contribution is -1.96. The third kappa shape index (κ3) is 2.77. The molecule has 0 aliphatic heterocycles. The second kappa shape index (κ2) is 7.45. The number of fused-ring (bicyclic) bond motifs is 7. The Labute approximate surface area is 219 Å². The van der Waals surface area contributed by atoms with Gasteiger partial charge in [-0.05, 0) is 60.7 Å². The van der Waals surface area contributed by atoms with Crippen LogP contribution in [0.3, 0.4) is 0 Å². The SMILES string of the molecule is Ic1nc2ccccc2n1-c1ccc2oc3ccc(-n4c5ccccc5c5ccccc54)cc3c2c1. The van der Waals surface area contributed by atoms with Crippen LogP contribution in [0.1, 0.15) is 0 Å². The third-order valence-electron chi connectivity index (χ3n) is 7.05. The van der Waals surface area contributed by atoms with E-state index < -0.39 is 0 Å². The van der Waals surface area contributed by atoms with E-state index in [4.69, 9.17) is 9.40 Å². The highest BCUT2D eigenvalue weighted by Crippen LogP contribution is 2.36.